The lowest BCUT2D eigenvalue weighted by Crippen LogP contribution is -2.50. The fraction of sp³-hybridized carbons (Fsp3) is 0.429. The number of aliphatic hydroxyl groups is 1. The number of halogens is 1. The number of amides is 1. The van der Waals surface area contributed by atoms with Crippen LogP contribution in [-0.2, 0) is 10.0 Å². The molecule has 1 N–H and O–H groups in total. The first-order valence-electron chi connectivity index (χ1n) is 9.90. The highest BCUT2D eigenvalue weighted by Crippen LogP contribution is 2.29. The highest BCUT2D eigenvalue weighted by atomic mass is 79.9. The van der Waals surface area contributed by atoms with Gasteiger partial charge in [0.05, 0.1) is 24.1 Å². The van der Waals surface area contributed by atoms with Crippen LogP contribution in [0.25, 0.3) is 0 Å². The maximum atomic E-state index is 13.1. The van der Waals surface area contributed by atoms with Gasteiger partial charge in [-0.3, -0.25) is 4.79 Å². The summed E-state index contributed by atoms with van der Waals surface area (Å²) in [4.78, 5) is 19.2. The second-order valence-electron chi connectivity index (χ2n) is 7.73. The van der Waals surface area contributed by atoms with Crippen molar-refractivity contribution in [2.75, 3.05) is 26.7 Å². The first-order chi connectivity index (χ1) is 14.6. The van der Waals surface area contributed by atoms with E-state index >= 15 is 0 Å². The number of rotatable bonds is 6. The highest BCUT2D eigenvalue weighted by molar-refractivity contribution is 9.10. The van der Waals surface area contributed by atoms with Gasteiger partial charge in [-0.15, -0.1) is 0 Å². The first kappa shape index (κ1) is 23.6. The number of carbonyl (C=O) groups is 1. The lowest BCUT2D eigenvalue weighted by molar-refractivity contribution is 0.0373. The van der Waals surface area contributed by atoms with E-state index in [4.69, 9.17) is 4.74 Å². The Balaban J connectivity index is 1.95. The van der Waals surface area contributed by atoms with Crippen LogP contribution in [0, 0.1) is 5.92 Å². The van der Waals surface area contributed by atoms with Gasteiger partial charge in [0.1, 0.15) is 11.7 Å². The van der Waals surface area contributed by atoms with Crippen molar-refractivity contribution in [3.63, 3.8) is 0 Å². The predicted molar refractivity (Wildman–Crippen MR) is 119 cm³/mol. The van der Waals surface area contributed by atoms with Crippen LogP contribution >= 0.6 is 15.9 Å². The zero-order valence-electron chi connectivity index (χ0n) is 17.6. The molecule has 31 heavy (non-hydrogen) atoms. The van der Waals surface area contributed by atoms with Gasteiger partial charge in [-0.2, -0.15) is 4.31 Å². The van der Waals surface area contributed by atoms with Crippen LogP contribution in [0.3, 0.4) is 0 Å². The van der Waals surface area contributed by atoms with Gasteiger partial charge in [-0.25, -0.2) is 13.4 Å². The average Bonchev–Trinajstić information content (AvgIpc) is 2.76. The summed E-state index contributed by atoms with van der Waals surface area (Å²) < 4.78 is 33.9. The molecule has 0 unspecified atom stereocenters. The maximum absolute atomic E-state index is 13.1. The van der Waals surface area contributed by atoms with E-state index in [1.54, 1.807) is 48.2 Å². The number of benzene rings is 1. The SMILES string of the molecule is C[C@@H]1CN([C@@H](C)CO)C(=O)c2cc(Br)cnc2O[C@@H]1CN(C)S(=O)(=O)c1ccccc1. The maximum Gasteiger partial charge on any atom is 0.259 e. The number of hydrogen-bond donors (Lipinski definition) is 1. The van der Waals surface area contributed by atoms with Crippen LogP contribution in [0.15, 0.2) is 52.0 Å². The summed E-state index contributed by atoms with van der Waals surface area (Å²) in [7, 11) is -2.20. The van der Waals surface area contributed by atoms with Crippen molar-refractivity contribution < 1.29 is 23.1 Å². The summed E-state index contributed by atoms with van der Waals surface area (Å²) in [6, 6.07) is 9.41. The van der Waals surface area contributed by atoms with E-state index in [1.807, 2.05) is 6.92 Å². The van der Waals surface area contributed by atoms with Crippen molar-refractivity contribution in [3.05, 3.63) is 52.6 Å². The molecule has 0 fully saturated rings. The zero-order chi connectivity index (χ0) is 22.8. The molecule has 0 spiro atoms. The molecule has 0 saturated heterocycles. The Morgan fingerprint density at radius 1 is 1.35 bits per heavy atom. The summed E-state index contributed by atoms with van der Waals surface area (Å²) in [5.41, 5.74) is 0.264. The molecule has 8 nitrogen and oxygen atoms in total. The van der Waals surface area contributed by atoms with E-state index in [0.717, 1.165) is 0 Å². The van der Waals surface area contributed by atoms with Crippen LogP contribution in [0.2, 0.25) is 0 Å². The number of aliphatic hydroxyl groups excluding tert-OH is 1. The van der Waals surface area contributed by atoms with Crippen molar-refractivity contribution >= 4 is 31.9 Å². The molecule has 3 atom stereocenters. The molecule has 0 saturated carbocycles. The van der Waals surface area contributed by atoms with Gasteiger partial charge in [-0.05, 0) is 41.1 Å². The lowest BCUT2D eigenvalue weighted by Gasteiger charge is -2.37. The second kappa shape index (κ2) is 9.64. The molecule has 10 heteroatoms. The normalized spacial score (nSPS) is 20.6. The first-order valence-corrected chi connectivity index (χ1v) is 12.1. The highest BCUT2D eigenvalue weighted by Gasteiger charge is 2.35. The molecular formula is C21H26BrN3O5S. The quantitative estimate of drug-likeness (QED) is 0.638. The number of sulfonamides is 1. The van der Waals surface area contributed by atoms with Crippen LogP contribution in [-0.4, -0.2) is 72.5 Å². The summed E-state index contributed by atoms with van der Waals surface area (Å²) in [5, 5.41) is 9.66. The molecule has 1 amide bonds. The minimum absolute atomic E-state index is 0.0745. The van der Waals surface area contributed by atoms with E-state index in [0.29, 0.717) is 11.0 Å². The number of aromatic nitrogens is 1. The lowest BCUT2D eigenvalue weighted by atomic mass is 10.0. The van der Waals surface area contributed by atoms with Crippen LogP contribution in [0.5, 0.6) is 5.88 Å². The zero-order valence-corrected chi connectivity index (χ0v) is 20.0. The average molecular weight is 512 g/mol. The van der Waals surface area contributed by atoms with Crippen molar-refractivity contribution in [2.45, 2.75) is 30.9 Å². The van der Waals surface area contributed by atoms with Crippen LogP contribution < -0.4 is 4.74 Å². The Kier molecular flexibility index (Phi) is 7.35. The van der Waals surface area contributed by atoms with E-state index < -0.39 is 22.2 Å². The summed E-state index contributed by atoms with van der Waals surface area (Å²) >= 11 is 3.33. The molecule has 2 aromatic rings. The third kappa shape index (κ3) is 5.08. The van der Waals surface area contributed by atoms with Gasteiger partial charge >= 0.3 is 0 Å². The fourth-order valence-electron chi connectivity index (χ4n) is 3.42. The summed E-state index contributed by atoms with van der Waals surface area (Å²) in [5.74, 6) is -0.365. The van der Waals surface area contributed by atoms with Gasteiger partial charge in [0.15, 0.2) is 0 Å². The number of ether oxygens (including phenoxy) is 1. The van der Waals surface area contributed by atoms with Gasteiger partial charge in [0.25, 0.3) is 5.91 Å². The monoisotopic (exact) mass is 511 g/mol. The van der Waals surface area contributed by atoms with E-state index in [-0.39, 0.29) is 41.3 Å². The Morgan fingerprint density at radius 3 is 2.68 bits per heavy atom. The van der Waals surface area contributed by atoms with Crippen molar-refractivity contribution in [3.8, 4) is 5.88 Å². The molecule has 1 aromatic carbocycles. The number of fused-ring (bicyclic) bond motifs is 1. The molecule has 0 bridgehead atoms. The van der Waals surface area contributed by atoms with Gasteiger partial charge in [-0.1, -0.05) is 25.1 Å². The summed E-state index contributed by atoms with van der Waals surface area (Å²) in [6.07, 6.45) is 0.970. The standard InChI is InChI=1S/C21H26BrN3O5S/c1-14-11-25(15(2)13-26)21(27)18-9-16(22)10-23-20(18)30-19(14)12-24(3)31(28,29)17-7-5-4-6-8-17/h4-10,14-15,19,26H,11-13H2,1-3H3/t14-,15+,19-/m1/s1. The van der Waals surface area contributed by atoms with E-state index in [9.17, 15) is 18.3 Å². The minimum atomic E-state index is -3.71. The number of pyridine rings is 1. The molecule has 0 radical (unpaired) electrons. The molecule has 1 aliphatic heterocycles. The third-order valence-corrected chi connectivity index (χ3v) is 7.65. The minimum Gasteiger partial charge on any atom is -0.472 e. The van der Waals surface area contributed by atoms with Gasteiger partial charge < -0.3 is 14.7 Å². The van der Waals surface area contributed by atoms with Crippen molar-refractivity contribution in [2.24, 2.45) is 5.92 Å². The van der Waals surface area contributed by atoms with Crippen molar-refractivity contribution in [1.29, 1.82) is 0 Å². The molecule has 0 aliphatic carbocycles. The van der Waals surface area contributed by atoms with Crippen LogP contribution in [0.4, 0.5) is 0 Å². The number of nitrogens with zero attached hydrogens (tertiary/aromatic N) is 3. The van der Waals surface area contributed by atoms with Crippen molar-refractivity contribution in [1.82, 2.24) is 14.2 Å². The van der Waals surface area contributed by atoms with Gasteiger partial charge in [0, 0.05) is 30.2 Å². The Morgan fingerprint density at radius 2 is 2.03 bits per heavy atom. The Hall–Kier alpha value is -2.01. The smallest absolute Gasteiger partial charge is 0.259 e. The number of hydrogen-bond acceptors (Lipinski definition) is 6. The van der Waals surface area contributed by atoms with E-state index in [2.05, 4.69) is 20.9 Å². The predicted octanol–water partition coefficient (Wildman–Crippen LogP) is 2.38. The Labute approximate surface area is 191 Å². The largest absolute Gasteiger partial charge is 0.472 e. The fourth-order valence-corrected chi connectivity index (χ4v) is 4.95. The number of carbonyl (C=O) groups excluding carboxylic acids is 1. The molecule has 3 rings (SSSR count). The molecule has 168 valence electrons. The summed E-state index contributed by atoms with van der Waals surface area (Å²) in [6.45, 7) is 3.84. The molecular weight excluding hydrogens is 486 g/mol. The van der Waals surface area contributed by atoms with Gasteiger partial charge in [0.2, 0.25) is 15.9 Å². The van der Waals surface area contributed by atoms with Crippen LogP contribution in [0.1, 0.15) is 24.2 Å². The second-order valence-corrected chi connectivity index (χ2v) is 10.7. The molecule has 1 aromatic heterocycles. The Bertz CT molecular complexity index is 1030. The topological polar surface area (TPSA) is 100 Å². The van der Waals surface area contributed by atoms with E-state index in [1.165, 1.54) is 17.5 Å². The molecule has 1 aliphatic rings. The molecule has 2 heterocycles. The number of likely N-dealkylation sites (N-methyl/N-ethyl adjacent to an activating group) is 1. The third-order valence-electron chi connectivity index (χ3n) is 5.38.